The average molecular weight is 209 g/mol. The first kappa shape index (κ1) is 11.1. The molecule has 0 amide bonds. The van der Waals surface area contributed by atoms with Crippen molar-refractivity contribution in [2.75, 3.05) is 5.73 Å². The summed E-state index contributed by atoms with van der Waals surface area (Å²) in [5.74, 6) is 0.965. The van der Waals surface area contributed by atoms with Crippen molar-refractivity contribution in [3.63, 3.8) is 0 Å². The minimum absolute atomic E-state index is 0.774. The summed E-state index contributed by atoms with van der Waals surface area (Å²) in [5.41, 5.74) is 7.75. The number of hydrogen-bond acceptors (Lipinski definition) is 2. The number of anilines is 1. The Kier molecular flexibility index (Phi) is 3.21. The lowest BCUT2D eigenvalue weighted by Gasteiger charge is -2.21. The molecule has 0 aliphatic rings. The SMILES string of the molecule is CCc1ccc(N)cc1O[Si](C)(C)C. The minimum atomic E-state index is -1.52. The Morgan fingerprint density at radius 2 is 1.93 bits per heavy atom. The number of benzene rings is 1. The van der Waals surface area contributed by atoms with E-state index < -0.39 is 8.32 Å². The third-order valence-electron chi connectivity index (χ3n) is 1.89. The van der Waals surface area contributed by atoms with Crippen molar-refractivity contribution >= 4 is 14.0 Å². The Bertz CT molecular complexity index is 318. The molecule has 0 fully saturated rings. The molecule has 0 radical (unpaired) electrons. The molecule has 0 bridgehead atoms. The number of nitrogens with two attached hydrogens (primary N) is 1. The normalized spacial score (nSPS) is 11.4. The molecule has 1 rings (SSSR count). The highest BCUT2D eigenvalue weighted by atomic mass is 28.4. The van der Waals surface area contributed by atoms with E-state index in [2.05, 4.69) is 26.6 Å². The van der Waals surface area contributed by atoms with Crippen LogP contribution in [0.5, 0.6) is 5.75 Å². The Morgan fingerprint density at radius 3 is 2.43 bits per heavy atom. The number of rotatable bonds is 3. The molecule has 1 aromatic rings. The molecule has 0 unspecified atom stereocenters. The van der Waals surface area contributed by atoms with Gasteiger partial charge in [-0.2, -0.15) is 0 Å². The second-order valence-electron chi connectivity index (χ2n) is 4.44. The van der Waals surface area contributed by atoms with Gasteiger partial charge >= 0.3 is 0 Å². The maximum atomic E-state index is 5.96. The van der Waals surface area contributed by atoms with E-state index in [1.165, 1.54) is 5.56 Å². The van der Waals surface area contributed by atoms with Gasteiger partial charge in [-0.05, 0) is 37.7 Å². The van der Waals surface area contributed by atoms with E-state index in [9.17, 15) is 0 Å². The van der Waals surface area contributed by atoms with Crippen LogP contribution in [0, 0.1) is 0 Å². The fourth-order valence-electron chi connectivity index (χ4n) is 1.29. The molecule has 0 atom stereocenters. The fraction of sp³-hybridized carbons (Fsp3) is 0.455. The van der Waals surface area contributed by atoms with Crippen LogP contribution in [0.25, 0.3) is 0 Å². The average Bonchev–Trinajstić information content (AvgIpc) is 2.01. The minimum Gasteiger partial charge on any atom is -0.544 e. The van der Waals surface area contributed by atoms with Gasteiger partial charge in [-0.25, -0.2) is 0 Å². The predicted molar refractivity (Wildman–Crippen MR) is 64.2 cm³/mol. The highest BCUT2D eigenvalue weighted by Crippen LogP contribution is 2.25. The molecule has 2 nitrogen and oxygen atoms in total. The lowest BCUT2D eigenvalue weighted by Crippen LogP contribution is -2.29. The summed E-state index contributed by atoms with van der Waals surface area (Å²) in [7, 11) is -1.52. The van der Waals surface area contributed by atoms with Crippen LogP contribution in [0.4, 0.5) is 5.69 Å². The highest BCUT2D eigenvalue weighted by molar-refractivity contribution is 6.70. The summed E-state index contributed by atoms with van der Waals surface area (Å²) in [5, 5.41) is 0. The number of hydrogen-bond donors (Lipinski definition) is 1. The maximum absolute atomic E-state index is 5.96. The Morgan fingerprint density at radius 1 is 1.29 bits per heavy atom. The van der Waals surface area contributed by atoms with Gasteiger partial charge in [0.25, 0.3) is 0 Å². The molecule has 2 N–H and O–H groups in total. The molecule has 0 spiro atoms. The molecular weight excluding hydrogens is 190 g/mol. The van der Waals surface area contributed by atoms with Crippen molar-refractivity contribution < 1.29 is 4.43 Å². The van der Waals surface area contributed by atoms with E-state index in [0.717, 1.165) is 17.9 Å². The quantitative estimate of drug-likeness (QED) is 0.613. The molecule has 78 valence electrons. The Balaban J connectivity index is 2.99. The van der Waals surface area contributed by atoms with Crippen LogP contribution in [0.15, 0.2) is 18.2 Å². The van der Waals surface area contributed by atoms with Crippen LogP contribution in [-0.4, -0.2) is 8.32 Å². The molecule has 0 aromatic heterocycles. The largest absolute Gasteiger partial charge is 0.544 e. The summed E-state index contributed by atoms with van der Waals surface area (Å²) in [4.78, 5) is 0. The van der Waals surface area contributed by atoms with Crippen molar-refractivity contribution in [2.45, 2.75) is 33.0 Å². The first-order valence-electron chi connectivity index (χ1n) is 5.00. The maximum Gasteiger partial charge on any atom is 0.242 e. The second-order valence-corrected chi connectivity index (χ2v) is 8.86. The van der Waals surface area contributed by atoms with Gasteiger partial charge in [-0.15, -0.1) is 0 Å². The van der Waals surface area contributed by atoms with E-state index >= 15 is 0 Å². The van der Waals surface area contributed by atoms with Gasteiger partial charge in [0, 0.05) is 11.8 Å². The van der Waals surface area contributed by atoms with E-state index in [4.69, 9.17) is 10.2 Å². The van der Waals surface area contributed by atoms with Gasteiger partial charge in [0.05, 0.1) is 0 Å². The molecule has 0 saturated carbocycles. The van der Waals surface area contributed by atoms with Crippen LogP contribution >= 0.6 is 0 Å². The summed E-state index contributed by atoms with van der Waals surface area (Å²) in [6, 6.07) is 5.90. The molecule has 0 saturated heterocycles. The van der Waals surface area contributed by atoms with Crippen LogP contribution in [-0.2, 0) is 6.42 Å². The smallest absolute Gasteiger partial charge is 0.242 e. The van der Waals surface area contributed by atoms with E-state index in [0.29, 0.717) is 0 Å². The lowest BCUT2D eigenvalue weighted by molar-refractivity contribution is 0.550. The Labute approximate surface area is 87.2 Å². The second kappa shape index (κ2) is 4.05. The molecule has 0 aliphatic carbocycles. The molecule has 14 heavy (non-hydrogen) atoms. The van der Waals surface area contributed by atoms with Crippen molar-refractivity contribution in [1.82, 2.24) is 0 Å². The summed E-state index contributed by atoms with van der Waals surface area (Å²) < 4.78 is 5.96. The monoisotopic (exact) mass is 209 g/mol. The topological polar surface area (TPSA) is 35.2 Å². The van der Waals surface area contributed by atoms with Gasteiger partial charge in [-0.3, -0.25) is 0 Å². The lowest BCUT2D eigenvalue weighted by atomic mass is 10.1. The zero-order chi connectivity index (χ0) is 10.8. The zero-order valence-corrected chi connectivity index (χ0v) is 10.4. The Hall–Kier alpha value is -0.963. The van der Waals surface area contributed by atoms with Gasteiger partial charge in [0.2, 0.25) is 8.32 Å². The zero-order valence-electron chi connectivity index (χ0n) is 9.42. The van der Waals surface area contributed by atoms with E-state index in [-0.39, 0.29) is 0 Å². The molecule has 1 aromatic carbocycles. The van der Waals surface area contributed by atoms with Gasteiger partial charge in [-0.1, -0.05) is 13.0 Å². The van der Waals surface area contributed by atoms with Crippen molar-refractivity contribution in [3.8, 4) is 5.75 Å². The van der Waals surface area contributed by atoms with Crippen molar-refractivity contribution in [1.29, 1.82) is 0 Å². The third kappa shape index (κ3) is 3.07. The van der Waals surface area contributed by atoms with Gasteiger partial charge in [0.1, 0.15) is 5.75 Å². The van der Waals surface area contributed by atoms with Gasteiger partial charge in [0.15, 0.2) is 0 Å². The number of nitrogen functional groups attached to an aromatic ring is 1. The summed E-state index contributed by atoms with van der Waals surface area (Å²) in [6.45, 7) is 8.66. The van der Waals surface area contributed by atoms with E-state index in [1.54, 1.807) is 0 Å². The van der Waals surface area contributed by atoms with Gasteiger partial charge < -0.3 is 10.2 Å². The van der Waals surface area contributed by atoms with Crippen molar-refractivity contribution in [2.24, 2.45) is 0 Å². The summed E-state index contributed by atoms with van der Waals surface area (Å²) in [6.07, 6.45) is 0.986. The number of aryl methyl sites for hydroxylation is 1. The van der Waals surface area contributed by atoms with Crippen LogP contribution in [0.2, 0.25) is 19.6 Å². The first-order chi connectivity index (χ1) is 6.42. The highest BCUT2D eigenvalue weighted by Gasteiger charge is 2.17. The molecule has 0 aliphatic heterocycles. The van der Waals surface area contributed by atoms with Crippen LogP contribution in [0.3, 0.4) is 0 Å². The van der Waals surface area contributed by atoms with Crippen molar-refractivity contribution in [3.05, 3.63) is 23.8 Å². The van der Waals surface area contributed by atoms with E-state index in [1.807, 2.05) is 18.2 Å². The molecular formula is C11H19NOSi. The fourth-order valence-corrected chi connectivity index (χ4v) is 2.14. The van der Waals surface area contributed by atoms with Crippen LogP contribution in [0.1, 0.15) is 12.5 Å². The molecule has 0 heterocycles. The third-order valence-corrected chi connectivity index (χ3v) is 2.72. The van der Waals surface area contributed by atoms with Crippen LogP contribution < -0.4 is 10.2 Å². The summed E-state index contributed by atoms with van der Waals surface area (Å²) >= 11 is 0. The first-order valence-corrected chi connectivity index (χ1v) is 8.40. The standard InChI is InChI=1S/C11H19NOSi/c1-5-9-6-7-10(12)8-11(9)13-14(2,3)4/h6-8H,5,12H2,1-4H3. The predicted octanol–water partition coefficient (Wildman–Crippen LogP) is 3.04. The molecule has 3 heteroatoms.